The van der Waals surface area contributed by atoms with E-state index in [1.54, 1.807) is 18.2 Å². The summed E-state index contributed by atoms with van der Waals surface area (Å²) in [5, 5.41) is 0. The van der Waals surface area contributed by atoms with Crippen LogP contribution < -0.4 is 29.1 Å². The molecule has 0 aliphatic carbocycles. The summed E-state index contributed by atoms with van der Waals surface area (Å²) >= 11 is 3.40. The van der Waals surface area contributed by atoms with E-state index in [1.807, 2.05) is 38.1 Å². The summed E-state index contributed by atoms with van der Waals surface area (Å²) in [4.78, 5) is 31.4. The van der Waals surface area contributed by atoms with Gasteiger partial charge in [-0.25, -0.2) is 9.79 Å². The Morgan fingerprint density at radius 3 is 2.55 bits per heavy atom. The van der Waals surface area contributed by atoms with Crippen LogP contribution in [0.2, 0.25) is 0 Å². The molecular weight excluding hydrogens is 619 g/mol. The second-order valence-electron chi connectivity index (χ2n) is 7.93. The van der Waals surface area contributed by atoms with Crippen molar-refractivity contribution < 1.29 is 23.7 Å². The van der Waals surface area contributed by atoms with E-state index in [0.29, 0.717) is 45.4 Å². The summed E-state index contributed by atoms with van der Waals surface area (Å²) in [6.45, 7) is 4.83. The largest absolute Gasteiger partial charge is 0.490 e. The number of benzene rings is 2. The van der Waals surface area contributed by atoms with Gasteiger partial charge < -0.3 is 18.9 Å². The Hall–Kier alpha value is -3.56. The number of esters is 1. The number of aromatic nitrogens is 1. The van der Waals surface area contributed by atoms with Crippen LogP contribution in [0.4, 0.5) is 0 Å². The molecule has 4 rings (SSSR count). The number of halogens is 1. The number of ether oxygens (including phenoxy) is 4. The van der Waals surface area contributed by atoms with Crippen molar-refractivity contribution in [2.24, 2.45) is 4.99 Å². The Balaban J connectivity index is 1.84. The molecule has 0 radical (unpaired) electrons. The highest BCUT2D eigenvalue weighted by Crippen LogP contribution is 2.35. The number of hydrogen-bond donors (Lipinski definition) is 0. The van der Waals surface area contributed by atoms with Gasteiger partial charge in [-0.05, 0) is 77.9 Å². The van der Waals surface area contributed by atoms with Gasteiger partial charge >= 0.3 is 5.97 Å². The van der Waals surface area contributed by atoms with Crippen molar-refractivity contribution in [3.05, 3.63) is 82.6 Å². The third-order valence-electron chi connectivity index (χ3n) is 5.57. The molecule has 8 nitrogen and oxygen atoms in total. The molecule has 2 heterocycles. The molecule has 0 saturated heterocycles. The fraction of sp³-hybridized carbons (Fsp3) is 0.250. The van der Waals surface area contributed by atoms with Crippen molar-refractivity contribution in [2.45, 2.75) is 19.9 Å². The van der Waals surface area contributed by atoms with E-state index in [9.17, 15) is 9.59 Å². The van der Waals surface area contributed by atoms with E-state index in [4.69, 9.17) is 25.4 Å². The van der Waals surface area contributed by atoms with Gasteiger partial charge in [-0.15, -0.1) is 6.42 Å². The van der Waals surface area contributed by atoms with Crippen molar-refractivity contribution in [1.29, 1.82) is 0 Å². The van der Waals surface area contributed by atoms with Crippen LogP contribution in [0.3, 0.4) is 0 Å². The van der Waals surface area contributed by atoms with Crippen LogP contribution in [-0.2, 0) is 9.53 Å². The lowest BCUT2D eigenvalue weighted by Crippen LogP contribution is -2.39. The minimum atomic E-state index is -0.754. The molecule has 38 heavy (non-hydrogen) atoms. The fourth-order valence-corrected chi connectivity index (χ4v) is 5.65. The van der Waals surface area contributed by atoms with Crippen molar-refractivity contribution in [1.82, 2.24) is 4.57 Å². The zero-order chi connectivity index (χ0) is 27.2. The molecule has 1 aromatic heterocycles. The first kappa shape index (κ1) is 27.5. The Kier molecular flexibility index (Phi) is 8.91. The van der Waals surface area contributed by atoms with Crippen LogP contribution >= 0.6 is 33.9 Å². The number of nitrogens with zero attached hydrogens (tertiary/aromatic N) is 2. The van der Waals surface area contributed by atoms with E-state index in [2.05, 4.69) is 33.5 Å². The van der Waals surface area contributed by atoms with Gasteiger partial charge in [0, 0.05) is 6.20 Å². The number of carbonyl (C=O) groups is 1. The van der Waals surface area contributed by atoms with Crippen LogP contribution in [0.25, 0.3) is 6.08 Å². The molecular formula is C28H25IN2O6S. The summed E-state index contributed by atoms with van der Waals surface area (Å²) in [5.74, 6) is 3.65. The van der Waals surface area contributed by atoms with Gasteiger partial charge in [0.05, 0.1) is 40.0 Å². The minimum Gasteiger partial charge on any atom is -0.490 e. The van der Waals surface area contributed by atoms with Crippen LogP contribution in [0.5, 0.6) is 17.2 Å². The third-order valence-corrected chi connectivity index (χ3v) is 7.41. The first-order chi connectivity index (χ1) is 18.4. The molecule has 1 atom stereocenters. The maximum absolute atomic E-state index is 13.7. The monoisotopic (exact) mass is 644 g/mol. The lowest BCUT2D eigenvalue weighted by molar-refractivity contribution is -0.136. The molecule has 196 valence electrons. The Bertz CT molecular complexity index is 1620. The molecule has 0 unspecified atom stereocenters. The normalized spacial score (nSPS) is 14.6. The maximum Gasteiger partial charge on any atom is 0.337 e. The number of thiazole rings is 1. The number of carbonyl (C=O) groups excluding carboxylic acids is 1. The van der Waals surface area contributed by atoms with Gasteiger partial charge in [-0.1, -0.05) is 29.4 Å². The van der Waals surface area contributed by atoms with E-state index >= 15 is 0 Å². The zero-order valence-corrected chi connectivity index (χ0v) is 24.0. The Morgan fingerprint density at radius 1 is 1.13 bits per heavy atom. The fourth-order valence-electron chi connectivity index (χ4n) is 3.98. The maximum atomic E-state index is 13.7. The van der Waals surface area contributed by atoms with Crippen LogP contribution in [0, 0.1) is 15.9 Å². The molecule has 0 fully saturated rings. The zero-order valence-electron chi connectivity index (χ0n) is 21.0. The number of rotatable bonds is 9. The van der Waals surface area contributed by atoms with Gasteiger partial charge in [0.2, 0.25) is 0 Å². The second-order valence-corrected chi connectivity index (χ2v) is 10.1. The van der Waals surface area contributed by atoms with Crippen molar-refractivity contribution in [3.63, 3.8) is 0 Å². The molecule has 0 amide bonds. The number of terminal acetylenes is 1. The molecule has 0 saturated carbocycles. The van der Waals surface area contributed by atoms with Crippen molar-refractivity contribution in [3.8, 4) is 29.6 Å². The quantitative estimate of drug-likeness (QED) is 0.202. The highest BCUT2D eigenvalue weighted by Gasteiger charge is 2.31. The van der Waals surface area contributed by atoms with Crippen LogP contribution in [0.1, 0.15) is 31.0 Å². The lowest BCUT2D eigenvalue weighted by atomic mass is 9.97. The number of hydrogen-bond acceptors (Lipinski definition) is 8. The lowest BCUT2D eigenvalue weighted by Gasteiger charge is -2.23. The van der Waals surface area contributed by atoms with Gasteiger partial charge in [-0.3, -0.25) is 9.36 Å². The molecule has 0 spiro atoms. The van der Waals surface area contributed by atoms with E-state index in [-0.39, 0.29) is 17.7 Å². The summed E-state index contributed by atoms with van der Waals surface area (Å²) < 4.78 is 24.9. The third kappa shape index (κ3) is 5.63. The predicted molar refractivity (Wildman–Crippen MR) is 153 cm³/mol. The average molecular weight is 644 g/mol. The molecule has 3 aromatic rings. The van der Waals surface area contributed by atoms with Gasteiger partial charge in [0.15, 0.2) is 16.3 Å². The molecule has 10 heteroatoms. The van der Waals surface area contributed by atoms with Crippen molar-refractivity contribution >= 4 is 46.0 Å². The summed E-state index contributed by atoms with van der Waals surface area (Å²) in [7, 11) is 1.30. The highest BCUT2D eigenvalue weighted by molar-refractivity contribution is 14.1. The number of methoxy groups -OCH3 is 1. The van der Waals surface area contributed by atoms with E-state index in [0.717, 1.165) is 9.13 Å². The first-order valence-electron chi connectivity index (χ1n) is 11.8. The highest BCUT2D eigenvalue weighted by atomic mass is 127. The molecule has 0 bridgehead atoms. The smallest absolute Gasteiger partial charge is 0.337 e. The standard InChI is InChI=1S/C28H25IN2O6S/c1-5-12-37-21-10-8-17(13-20(21)29)14-24-26(32)31-25(19(27(33)34-4)16-30-28(31)38-24)18-9-11-22(35-6-2)23(15-18)36-7-3/h1,8-11,13-16,25H,6-7,12H2,2-4H3/b24-14-/t25-/m1/s1. The topological polar surface area (TPSA) is 88.3 Å². The summed E-state index contributed by atoms with van der Waals surface area (Å²) in [5.41, 5.74) is 1.45. The summed E-state index contributed by atoms with van der Waals surface area (Å²) in [6, 6.07) is 10.2. The molecule has 0 N–H and O–H groups in total. The van der Waals surface area contributed by atoms with Gasteiger partial charge in [0.1, 0.15) is 12.4 Å². The predicted octanol–water partition coefficient (Wildman–Crippen LogP) is 3.43. The van der Waals surface area contributed by atoms with Gasteiger partial charge in [-0.2, -0.15) is 0 Å². The minimum absolute atomic E-state index is 0.174. The van der Waals surface area contributed by atoms with E-state index < -0.39 is 12.0 Å². The molecule has 2 aromatic carbocycles. The van der Waals surface area contributed by atoms with Crippen LogP contribution in [-0.4, -0.2) is 37.5 Å². The molecule has 1 aliphatic heterocycles. The van der Waals surface area contributed by atoms with Crippen molar-refractivity contribution in [2.75, 3.05) is 26.9 Å². The number of fused-ring (bicyclic) bond motifs is 1. The first-order valence-corrected chi connectivity index (χ1v) is 13.7. The van der Waals surface area contributed by atoms with Gasteiger partial charge in [0.25, 0.3) is 5.56 Å². The average Bonchev–Trinajstić information content (AvgIpc) is 3.23. The molecule has 1 aliphatic rings. The Labute approximate surface area is 237 Å². The van der Waals surface area contributed by atoms with E-state index in [1.165, 1.54) is 29.2 Å². The Morgan fingerprint density at radius 2 is 1.87 bits per heavy atom. The summed E-state index contributed by atoms with van der Waals surface area (Å²) in [6.07, 6.45) is 8.54. The second kappa shape index (κ2) is 12.3. The van der Waals surface area contributed by atoms with Crippen LogP contribution in [0.15, 0.2) is 58.0 Å². The SMILES string of the molecule is C#CCOc1ccc(/C=c2\sc3n(c2=O)[C@H](c2ccc(OCC)c(OCC)c2)C(C(=O)OC)=CN=3)cc1I.